The highest BCUT2D eigenvalue weighted by Gasteiger charge is 2.08. The molecule has 0 saturated carbocycles. The second kappa shape index (κ2) is 9.89. The summed E-state index contributed by atoms with van der Waals surface area (Å²) < 4.78 is 36.1. The molecule has 2 rings (SSSR count). The van der Waals surface area contributed by atoms with Crippen molar-refractivity contribution in [3.8, 4) is 11.6 Å². The molecule has 0 saturated heterocycles. The minimum atomic E-state index is -3.32. The number of anilines is 1. The van der Waals surface area contributed by atoms with Crippen LogP contribution in [-0.4, -0.2) is 45.3 Å². The van der Waals surface area contributed by atoms with Crippen LogP contribution in [0.4, 0.5) is 5.69 Å². The number of carbonyl (C=O) groups is 1. The zero-order chi connectivity index (χ0) is 19.7. The fourth-order valence-electron chi connectivity index (χ4n) is 2.06. The highest BCUT2D eigenvalue weighted by atomic mass is 32.2. The molecule has 2 aromatic rings. The van der Waals surface area contributed by atoms with Gasteiger partial charge in [0.1, 0.15) is 5.75 Å². The van der Waals surface area contributed by atoms with Crippen molar-refractivity contribution in [3.05, 3.63) is 48.2 Å². The van der Waals surface area contributed by atoms with Crippen LogP contribution in [0.2, 0.25) is 0 Å². The summed E-state index contributed by atoms with van der Waals surface area (Å²) in [7, 11) is -1.70. The van der Waals surface area contributed by atoms with Gasteiger partial charge < -0.3 is 14.8 Å². The Balaban J connectivity index is 1.91. The van der Waals surface area contributed by atoms with E-state index in [1.807, 2.05) is 0 Å². The molecule has 0 aliphatic carbocycles. The quantitative estimate of drug-likeness (QED) is 0.600. The molecule has 8 nitrogen and oxygen atoms in total. The number of methoxy groups -OCH3 is 1. The van der Waals surface area contributed by atoms with Gasteiger partial charge in [0.25, 0.3) is 5.91 Å². The standard InChI is InChI=1S/C18H23N3O5S/c1-3-27(23,24)21-15-6-8-16(9-7-15)26-17-10-5-14(13-20-17)18(22)19-11-4-12-25-2/h5-10,13,21H,3-4,11-12H2,1-2H3,(H,19,22). The average molecular weight is 393 g/mol. The number of nitrogens with zero attached hydrogens (tertiary/aromatic N) is 1. The Kier molecular flexibility index (Phi) is 7.56. The molecule has 9 heteroatoms. The number of carbonyl (C=O) groups excluding carboxylic acids is 1. The SMILES string of the molecule is CCS(=O)(=O)Nc1ccc(Oc2ccc(C(=O)NCCCOC)cn2)cc1. The number of nitrogens with one attached hydrogen (secondary N) is 2. The Morgan fingerprint density at radius 3 is 2.48 bits per heavy atom. The zero-order valence-electron chi connectivity index (χ0n) is 15.3. The van der Waals surface area contributed by atoms with Crippen LogP contribution in [0.3, 0.4) is 0 Å². The molecule has 0 radical (unpaired) electrons. The van der Waals surface area contributed by atoms with E-state index < -0.39 is 10.0 Å². The minimum Gasteiger partial charge on any atom is -0.439 e. The Morgan fingerprint density at radius 1 is 1.15 bits per heavy atom. The van der Waals surface area contributed by atoms with Crippen LogP contribution >= 0.6 is 0 Å². The molecule has 0 aliphatic rings. The molecule has 146 valence electrons. The molecule has 0 atom stereocenters. The predicted octanol–water partition coefficient (Wildman–Crippen LogP) is 2.40. The van der Waals surface area contributed by atoms with Gasteiger partial charge in [-0.05, 0) is 43.7 Å². The van der Waals surface area contributed by atoms with Crippen molar-refractivity contribution in [2.45, 2.75) is 13.3 Å². The van der Waals surface area contributed by atoms with Crippen molar-refractivity contribution in [1.82, 2.24) is 10.3 Å². The summed E-state index contributed by atoms with van der Waals surface area (Å²) in [5, 5.41) is 2.78. The summed E-state index contributed by atoms with van der Waals surface area (Å²) in [5.41, 5.74) is 0.890. The van der Waals surface area contributed by atoms with Gasteiger partial charge in [0.2, 0.25) is 15.9 Å². The molecule has 1 aromatic carbocycles. The van der Waals surface area contributed by atoms with E-state index in [0.717, 1.165) is 6.42 Å². The fourth-order valence-corrected chi connectivity index (χ4v) is 2.70. The fraction of sp³-hybridized carbons (Fsp3) is 0.333. The average Bonchev–Trinajstić information content (AvgIpc) is 2.67. The number of ether oxygens (including phenoxy) is 2. The predicted molar refractivity (Wildman–Crippen MR) is 103 cm³/mol. The van der Waals surface area contributed by atoms with Crippen LogP contribution in [0.25, 0.3) is 0 Å². The molecule has 1 aromatic heterocycles. The monoisotopic (exact) mass is 393 g/mol. The van der Waals surface area contributed by atoms with Gasteiger partial charge in [-0.25, -0.2) is 13.4 Å². The lowest BCUT2D eigenvalue weighted by Gasteiger charge is -2.09. The lowest BCUT2D eigenvalue weighted by atomic mass is 10.2. The lowest BCUT2D eigenvalue weighted by Crippen LogP contribution is -2.25. The van der Waals surface area contributed by atoms with Crippen molar-refractivity contribution in [2.24, 2.45) is 0 Å². The Bertz CT molecular complexity index is 836. The number of amides is 1. The Morgan fingerprint density at radius 2 is 1.89 bits per heavy atom. The molecule has 0 spiro atoms. The van der Waals surface area contributed by atoms with Gasteiger partial charge >= 0.3 is 0 Å². The van der Waals surface area contributed by atoms with Gasteiger partial charge in [-0.3, -0.25) is 9.52 Å². The smallest absolute Gasteiger partial charge is 0.252 e. The van der Waals surface area contributed by atoms with Crippen LogP contribution in [-0.2, 0) is 14.8 Å². The number of benzene rings is 1. The van der Waals surface area contributed by atoms with Gasteiger partial charge in [0, 0.05) is 38.2 Å². The number of aromatic nitrogens is 1. The highest BCUT2D eigenvalue weighted by molar-refractivity contribution is 7.92. The van der Waals surface area contributed by atoms with Crippen LogP contribution in [0.15, 0.2) is 42.6 Å². The molecule has 0 bridgehead atoms. The van der Waals surface area contributed by atoms with Gasteiger partial charge in [0.15, 0.2) is 0 Å². The largest absolute Gasteiger partial charge is 0.439 e. The Labute approximate surface area is 159 Å². The summed E-state index contributed by atoms with van der Waals surface area (Å²) in [4.78, 5) is 16.1. The van der Waals surface area contributed by atoms with E-state index in [1.54, 1.807) is 50.4 Å². The van der Waals surface area contributed by atoms with Crippen molar-refractivity contribution in [1.29, 1.82) is 0 Å². The zero-order valence-corrected chi connectivity index (χ0v) is 16.1. The first kappa shape index (κ1) is 20.7. The summed E-state index contributed by atoms with van der Waals surface area (Å²) in [6, 6.07) is 9.68. The first-order valence-electron chi connectivity index (χ1n) is 8.45. The second-order valence-corrected chi connectivity index (χ2v) is 7.63. The number of sulfonamides is 1. The number of pyridine rings is 1. The molecule has 2 N–H and O–H groups in total. The lowest BCUT2D eigenvalue weighted by molar-refractivity contribution is 0.0948. The molecule has 1 amide bonds. The molecular weight excluding hydrogens is 370 g/mol. The molecule has 27 heavy (non-hydrogen) atoms. The topological polar surface area (TPSA) is 107 Å². The number of hydrogen-bond acceptors (Lipinski definition) is 6. The summed E-state index contributed by atoms with van der Waals surface area (Å²) in [6.45, 7) is 2.68. The van der Waals surface area contributed by atoms with Gasteiger partial charge in [-0.1, -0.05) is 0 Å². The number of hydrogen-bond donors (Lipinski definition) is 2. The van der Waals surface area contributed by atoms with Crippen LogP contribution in [0, 0.1) is 0 Å². The van der Waals surface area contributed by atoms with Crippen molar-refractivity contribution in [3.63, 3.8) is 0 Å². The third-order valence-corrected chi connectivity index (χ3v) is 4.85. The van der Waals surface area contributed by atoms with Crippen molar-refractivity contribution < 1.29 is 22.7 Å². The Hall–Kier alpha value is -2.65. The second-order valence-electron chi connectivity index (χ2n) is 5.62. The molecule has 0 unspecified atom stereocenters. The van der Waals surface area contributed by atoms with Crippen molar-refractivity contribution >= 4 is 21.6 Å². The molecule has 0 aliphatic heterocycles. The van der Waals surface area contributed by atoms with E-state index in [4.69, 9.17) is 9.47 Å². The maximum atomic E-state index is 12.0. The van der Waals surface area contributed by atoms with Crippen LogP contribution in [0.1, 0.15) is 23.7 Å². The maximum Gasteiger partial charge on any atom is 0.252 e. The van der Waals surface area contributed by atoms with E-state index in [1.165, 1.54) is 6.20 Å². The summed E-state index contributed by atoms with van der Waals surface area (Å²) in [6.07, 6.45) is 2.17. The van der Waals surface area contributed by atoms with E-state index in [-0.39, 0.29) is 11.7 Å². The minimum absolute atomic E-state index is 0.00147. The van der Waals surface area contributed by atoms with Gasteiger partial charge in [-0.15, -0.1) is 0 Å². The van der Waals surface area contributed by atoms with E-state index in [9.17, 15) is 13.2 Å². The first-order valence-corrected chi connectivity index (χ1v) is 10.1. The summed E-state index contributed by atoms with van der Waals surface area (Å²) in [5.74, 6) is 0.617. The van der Waals surface area contributed by atoms with Crippen molar-refractivity contribution in [2.75, 3.05) is 30.7 Å². The van der Waals surface area contributed by atoms with Crippen LogP contribution in [0.5, 0.6) is 11.6 Å². The van der Waals surface area contributed by atoms with Gasteiger partial charge in [-0.2, -0.15) is 0 Å². The number of rotatable bonds is 10. The van der Waals surface area contributed by atoms with E-state index in [2.05, 4.69) is 15.0 Å². The first-order chi connectivity index (χ1) is 12.9. The third-order valence-electron chi connectivity index (χ3n) is 3.54. The van der Waals surface area contributed by atoms with E-state index in [0.29, 0.717) is 36.0 Å². The molecular formula is C18H23N3O5S. The van der Waals surface area contributed by atoms with E-state index >= 15 is 0 Å². The molecule has 0 fully saturated rings. The molecule has 1 heterocycles. The normalized spacial score (nSPS) is 11.0. The maximum absolute atomic E-state index is 12.0. The third kappa shape index (κ3) is 6.87. The van der Waals surface area contributed by atoms with Gasteiger partial charge in [0.05, 0.1) is 11.3 Å². The summed E-state index contributed by atoms with van der Waals surface area (Å²) >= 11 is 0. The van der Waals surface area contributed by atoms with Crippen LogP contribution < -0.4 is 14.8 Å². The highest BCUT2D eigenvalue weighted by Crippen LogP contribution is 2.22.